The van der Waals surface area contributed by atoms with E-state index in [2.05, 4.69) is 24.1 Å². The van der Waals surface area contributed by atoms with Crippen molar-refractivity contribution in [3.63, 3.8) is 0 Å². The molecule has 1 aliphatic heterocycles. The fourth-order valence-electron chi connectivity index (χ4n) is 1.68. The van der Waals surface area contributed by atoms with E-state index in [1.807, 2.05) is 12.3 Å². The molecule has 2 heterocycles. The topological polar surface area (TPSA) is 45.1 Å². The maximum Gasteiger partial charge on any atom is 0.0853 e. The van der Waals surface area contributed by atoms with Crippen molar-refractivity contribution in [2.75, 3.05) is 11.9 Å². The smallest absolute Gasteiger partial charge is 0.0853 e. The third-order valence-electron chi connectivity index (χ3n) is 2.57. The Morgan fingerprint density at radius 1 is 1.62 bits per heavy atom. The summed E-state index contributed by atoms with van der Waals surface area (Å²) in [7, 11) is 0. The molecule has 13 heavy (non-hydrogen) atoms. The zero-order valence-electron chi connectivity index (χ0n) is 7.96. The minimum Gasteiger partial charge on any atom is -0.390 e. The number of aliphatic hydroxyl groups excluding tert-OH is 1. The SMILES string of the molecule is CC1(C)CNc2cc(CO)ncc21. The minimum absolute atomic E-state index is 0.00931. The number of rotatable bonds is 1. The van der Waals surface area contributed by atoms with E-state index in [1.54, 1.807) is 0 Å². The second kappa shape index (κ2) is 2.70. The average Bonchev–Trinajstić information content (AvgIpc) is 2.42. The van der Waals surface area contributed by atoms with Gasteiger partial charge >= 0.3 is 0 Å². The lowest BCUT2D eigenvalue weighted by molar-refractivity contribution is 0.277. The largest absolute Gasteiger partial charge is 0.390 e. The summed E-state index contributed by atoms with van der Waals surface area (Å²) in [4.78, 5) is 4.17. The van der Waals surface area contributed by atoms with Gasteiger partial charge < -0.3 is 10.4 Å². The molecule has 0 aliphatic carbocycles. The Hall–Kier alpha value is -1.09. The van der Waals surface area contributed by atoms with Crippen LogP contribution in [0.2, 0.25) is 0 Å². The summed E-state index contributed by atoms with van der Waals surface area (Å²) < 4.78 is 0. The van der Waals surface area contributed by atoms with E-state index in [0.29, 0.717) is 0 Å². The zero-order valence-corrected chi connectivity index (χ0v) is 7.96. The zero-order chi connectivity index (χ0) is 9.47. The lowest BCUT2D eigenvalue weighted by Gasteiger charge is -2.16. The summed E-state index contributed by atoms with van der Waals surface area (Å²) in [6.45, 7) is 5.33. The first-order chi connectivity index (χ1) is 6.13. The van der Waals surface area contributed by atoms with Crippen LogP contribution in [0.5, 0.6) is 0 Å². The highest BCUT2D eigenvalue weighted by atomic mass is 16.3. The predicted molar refractivity (Wildman–Crippen MR) is 51.7 cm³/mol. The third kappa shape index (κ3) is 1.29. The van der Waals surface area contributed by atoms with Crippen molar-refractivity contribution in [3.8, 4) is 0 Å². The summed E-state index contributed by atoms with van der Waals surface area (Å²) in [6, 6.07) is 1.92. The molecule has 0 spiro atoms. The summed E-state index contributed by atoms with van der Waals surface area (Å²) in [5, 5.41) is 12.2. The molecule has 0 amide bonds. The monoisotopic (exact) mass is 178 g/mol. The summed E-state index contributed by atoms with van der Waals surface area (Å²) in [5.41, 5.74) is 3.24. The second-order valence-electron chi connectivity index (χ2n) is 4.12. The maximum absolute atomic E-state index is 8.91. The van der Waals surface area contributed by atoms with E-state index in [4.69, 9.17) is 5.11 Å². The van der Waals surface area contributed by atoms with Crippen LogP contribution in [0.15, 0.2) is 12.3 Å². The number of pyridine rings is 1. The van der Waals surface area contributed by atoms with Gasteiger partial charge in [-0.3, -0.25) is 4.98 Å². The molecular weight excluding hydrogens is 164 g/mol. The Morgan fingerprint density at radius 3 is 3.08 bits per heavy atom. The molecule has 0 atom stereocenters. The molecule has 3 nitrogen and oxygen atoms in total. The van der Waals surface area contributed by atoms with Crippen molar-refractivity contribution in [3.05, 3.63) is 23.5 Å². The molecule has 70 valence electrons. The maximum atomic E-state index is 8.91. The Balaban J connectivity index is 2.46. The van der Waals surface area contributed by atoms with Crippen LogP contribution >= 0.6 is 0 Å². The number of hydrogen-bond donors (Lipinski definition) is 2. The van der Waals surface area contributed by atoms with E-state index >= 15 is 0 Å². The van der Waals surface area contributed by atoms with Crippen molar-refractivity contribution >= 4 is 5.69 Å². The van der Waals surface area contributed by atoms with Crippen molar-refractivity contribution in [2.24, 2.45) is 0 Å². The Labute approximate surface area is 77.8 Å². The standard InChI is InChI=1S/C10H14N2O/c1-10(2)6-12-9-3-7(5-13)11-4-8(9)10/h3-4,12-13H,5-6H2,1-2H3. The Kier molecular flexibility index (Phi) is 1.77. The Morgan fingerprint density at radius 2 is 2.38 bits per heavy atom. The second-order valence-corrected chi connectivity index (χ2v) is 4.12. The number of fused-ring (bicyclic) bond motifs is 1. The molecule has 0 bridgehead atoms. The first-order valence-electron chi connectivity index (χ1n) is 4.47. The van der Waals surface area contributed by atoms with Gasteiger partial charge in [-0.1, -0.05) is 13.8 Å². The normalized spacial score (nSPS) is 18.1. The van der Waals surface area contributed by atoms with Gasteiger partial charge in [0, 0.05) is 29.4 Å². The van der Waals surface area contributed by atoms with Crippen LogP contribution in [0.4, 0.5) is 5.69 Å². The molecule has 2 N–H and O–H groups in total. The highest BCUT2D eigenvalue weighted by Crippen LogP contribution is 2.35. The van der Waals surface area contributed by atoms with Crippen LogP contribution in [0.1, 0.15) is 25.1 Å². The van der Waals surface area contributed by atoms with Gasteiger partial charge in [0.25, 0.3) is 0 Å². The van der Waals surface area contributed by atoms with Crippen LogP contribution < -0.4 is 5.32 Å². The van der Waals surface area contributed by atoms with Gasteiger partial charge in [0.05, 0.1) is 12.3 Å². The van der Waals surface area contributed by atoms with Crippen molar-refractivity contribution in [2.45, 2.75) is 25.9 Å². The molecule has 1 aromatic rings. The van der Waals surface area contributed by atoms with Gasteiger partial charge in [0.1, 0.15) is 0 Å². The van der Waals surface area contributed by atoms with Crippen LogP contribution in [0, 0.1) is 0 Å². The number of aliphatic hydroxyl groups is 1. The lowest BCUT2D eigenvalue weighted by atomic mass is 9.88. The molecule has 0 saturated heterocycles. The van der Waals surface area contributed by atoms with Crippen LogP contribution in [-0.2, 0) is 12.0 Å². The van der Waals surface area contributed by atoms with Crippen LogP contribution in [0.3, 0.4) is 0 Å². The van der Waals surface area contributed by atoms with E-state index < -0.39 is 0 Å². The summed E-state index contributed by atoms with van der Waals surface area (Å²) in [6.07, 6.45) is 1.86. The number of aromatic nitrogens is 1. The van der Waals surface area contributed by atoms with E-state index in [-0.39, 0.29) is 12.0 Å². The van der Waals surface area contributed by atoms with Gasteiger partial charge in [0.15, 0.2) is 0 Å². The molecule has 0 fully saturated rings. The van der Waals surface area contributed by atoms with Crippen LogP contribution in [-0.4, -0.2) is 16.6 Å². The van der Waals surface area contributed by atoms with E-state index in [1.165, 1.54) is 5.56 Å². The number of hydrogen-bond acceptors (Lipinski definition) is 3. The molecule has 3 heteroatoms. The molecule has 1 aliphatic rings. The number of nitrogens with zero attached hydrogens (tertiary/aromatic N) is 1. The first-order valence-corrected chi connectivity index (χ1v) is 4.47. The highest BCUT2D eigenvalue weighted by molar-refractivity contribution is 5.59. The molecule has 1 aromatic heterocycles. The Bertz CT molecular complexity index is 334. The van der Waals surface area contributed by atoms with Crippen molar-refractivity contribution in [1.29, 1.82) is 0 Å². The summed E-state index contributed by atoms with van der Waals surface area (Å²) in [5.74, 6) is 0. The van der Waals surface area contributed by atoms with E-state index in [9.17, 15) is 0 Å². The van der Waals surface area contributed by atoms with E-state index in [0.717, 1.165) is 17.9 Å². The third-order valence-corrected chi connectivity index (χ3v) is 2.57. The molecule has 0 saturated carbocycles. The molecule has 0 unspecified atom stereocenters. The molecule has 0 aromatic carbocycles. The minimum atomic E-state index is 0.00931. The van der Waals surface area contributed by atoms with Gasteiger partial charge in [-0.15, -0.1) is 0 Å². The average molecular weight is 178 g/mol. The number of anilines is 1. The van der Waals surface area contributed by atoms with Gasteiger partial charge in [-0.2, -0.15) is 0 Å². The van der Waals surface area contributed by atoms with Crippen LogP contribution in [0.25, 0.3) is 0 Å². The molecule has 0 radical (unpaired) electrons. The molecular formula is C10H14N2O. The number of nitrogens with one attached hydrogen (secondary N) is 1. The van der Waals surface area contributed by atoms with Gasteiger partial charge in [-0.05, 0) is 6.07 Å². The highest BCUT2D eigenvalue weighted by Gasteiger charge is 2.29. The quantitative estimate of drug-likeness (QED) is 0.681. The van der Waals surface area contributed by atoms with Crippen molar-refractivity contribution < 1.29 is 5.11 Å². The summed E-state index contributed by atoms with van der Waals surface area (Å²) >= 11 is 0. The fourth-order valence-corrected chi connectivity index (χ4v) is 1.68. The molecule has 2 rings (SSSR count). The van der Waals surface area contributed by atoms with Gasteiger partial charge in [0.2, 0.25) is 0 Å². The lowest BCUT2D eigenvalue weighted by Crippen LogP contribution is -2.19. The predicted octanol–water partition coefficient (Wildman–Crippen LogP) is 1.28. The van der Waals surface area contributed by atoms with Gasteiger partial charge in [-0.25, -0.2) is 0 Å². The first kappa shape index (κ1) is 8.51. The van der Waals surface area contributed by atoms with Crippen molar-refractivity contribution in [1.82, 2.24) is 4.98 Å². The fraction of sp³-hybridized carbons (Fsp3) is 0.500.